The first-order valence-corrected chi connectivity index (χ1v) is 13.8. The Morgan fingerprint density at radius 1 is 0.852 bits per heavy atom. The van der Waals surface area contributed by atoms with Gasteiger partial charge in [-0.05, 0) is 32.1 Å². The van der Waals surface area contributed by atoms with Crippen LogP contribution in [0.15, 0.2) is 0 Å². The highest BCUT2D eigenvalue weighted by atomic mass is 33.1. The standard InChI is InChI=1S/C20H36N2O2S3/c1-3-5-7-8-9-14-17-18(24)20-22-21-19(25-20)16(23)13-10-12-15(26-27-17)11-6-4-2/h15-18,23-24H,3-14H2,1-2H3. The maximum atomic E-state index is 10.9. The van der Waals surface area contributed by atoms with Gasteiger partial charge in [-0.1, -0.05) is 91.7 Å². The van der Waals surface area contributed by atoms with Gasteiger partial charge in [-0.15, -0.1) is 10.2 Å². The molecule has 4 unspecified atom stereocenters. The van der Waals surface area contributed by atoms with E-state index in [0.717, 1.165) is 32.1 Å². The van der Waals surface area contributed by atoms with Gasteiger partial charge in [0, 0.05) is 10.5 Å². The van der Waals surface area contributed by atoms with E-state index in [2.05, 4.69) is 24.0 Å². The summed E-state index contributed by atoms with van der Waals surface area (Å²) >= 11 is 1.38. The Morgan fingerprint density at radius 2 is 1.59 bits per heavy atom. The lowest BCUT2D eigenvalue weighted by atomic mass is 10.1. The zero-order valence-electron chi connectivity index (χ0n) is 16.8. The summed E-state index contributed by atoms with van der Waals surface area (Å²) in [5.74, 6) is 0. The van der Waals surface area contributed by atoms with Gasteiger partial charge >= 0.3 is 0 Å². The highest BCUT2D eigenvalue weighted by Gasteiger charge is 2.28. The summed E-state index contributed by atoms with van der Waals surface area (Å²) in [5, 5.41) is 31.8. The van der Waals surface area contributed by atoms with Crippen molar-refractivity contribution in [2.75, 3.05) is 0 Å². The molecule has 0 amide bonds. The molecule has 0 radical (unpaired) electrons. The van der Waals surface area contributed by atoms with Crippen LogP contribution in [0.3, 0.4) is 0 Å². The number of unbranched alkanes of at least 4 members (excludes halogenated alkanes) is 5. The predicted octanol–water partition coefficient (Wildman–Crippen LogP) is 6.46. The van der Waals surface area contributed by atoms with E-state index in [4.69, 9.17) is 0 Å². The van der Waals surface area contributed by atoms with E-state index in [1.165, 1.54) is 56.3 Å². The lowest BCUT2D eigenvalue weighted by Crippen LogP contribution is -2.15. The van der Waals surface area contributed by atoms with E-state index in [1.54, 1.807) is 0 Å². The summed E-state index contributed by atoms with van der Waals surface area (Å²) < 4.78 is 0. The van der Waals surface area contributed by atoms with Crippen LogP contribution in [0.5, 0.6) is 0 Å². The number of rotatable bonds is 9. The number of aliphatic hydroxyl groups is 2. The fourth-order valence-corrected chi connectivity index (χ4v) is 7.76. The Kier molecular flexibility index (Phi) is 11.7. The van der Waals surface area contributed by atoms with Crippen LogP contribution < -0.4 is 0 Å². The summed E-state index contributed by atoms with van der Waals surface area (Å²) in [6.07, 6.45) is 12.7. The average molecular weight is 433 g/mol. The lowest BCUT2D eigenvalue weighted by molar-refractivity contribution is 0.162. The van der Waals surface area contributed by atoms with Crippen LogP contribution in [0.4, 0.5) is 0 Å². The molecule has 7 heteroatoms. The smallest absolute Gasteiger partial charge is 0.147 e. The van der Waals surface area contributed by atoms with E-state index in [9.17, 15) is 10.2 Å². The maximum Gasteiger partial charge on any atom is 0.147 e. The molecule has 2 bridgehead atoms. The molecular formula is C20H36N2O2S3. The van der Waals surface area contributed by atoms with E-state index >= 15 is 0 Å². The molecule has 0 aliphatic carbocycles. The van der Waals surface area contributed by atoms with Gasteiger partial charge in [-0.3, -0.25) is 0 Å². The van der Waals surface area contributed by atoms with Crippen LogP contribution in [0, 0.1) is 0 Å². The fourth-order valence-electron chi connectivity index (χ4n) is 3.35. The van der Waals surface area contributed by atoms with Crippen molar-refractivity contribution in [1.29, 1.82) is 0 Å². The van der Waals surface area contributed by atoms with E-state index in [-0.39, 0.29) is 5.25 Å². The first-order chi connectivity index (χ1) is 13.2. The van der Waals surface area contributed by atoms with Gasteiger partial charge in [-0.2, -0.15) is 0 Å². The monoisotopic (exact) mass is 432 g/mol. The molecule has 2 heterocycles. The Morgan fingerprint density at radius 3 is 2.37 bits per heavy atom. The molecule has 2 rings (SSSR count). The van der Waals surface area contributed by atoms with Crippen LogP contribution in [0.1, 0.15) is 113 Å². The molecule has 4 nitrogen and oxygen atoms in total. The molecule has 156 valence electrons. The minimum Gasteiger partial charge on any atom is -0.386 e. The average Bonchev–Trinajstić information content (AvgIpc) is 3.16. The highest BCUT2D eigenvalue weighted by Crippen LogP contribution is 2.44. The minimum atomic E-state index is -0.585. The maximum absolute atomic E-state index is 10.9. The molecule has 0 saturated heterocycles. The van der Waals surface area contributed by atoms with Gasteiger partial charge in [0.15, 0.2) is 0 Å². The molecule has 1 aliphatic heterocycles. The highest BCUT2D eigenvalue weighted by molar-refractivity contribution is 8.77. The third kappa shape index (κ3) is 8.21. The van der Waals surface area contributed by atoms with Gasteiger partial charge < -0.3 is 10.2 Å². The number of aromatic nitrogens is 2. The lowest BCUT2D eigenvalue weighted by Gasteiger charge is -2.24. The van der Waals surface area contributed by atoms with Gasteiger partial charge in [0.05, 0.1) is 0 Å². The Hall–Kier alpha value is 0.180. The summed E-state index contributed by atoms with van der Waals surface area (Å²) in [5.41, 5.74) is 0. The van der Waals surface area contributed by atoms with Crippen LogP contribution in [0.2, 0.25) is 0 Å². The second-order valence-electron chi connectivity index (χ2n) is 7.57. The normalized spacial score (nSPS) is 27.1. The van der Waals surface area contributed by atoms with Crippen molar-refractivity contribution in [3.8, 4) is 0 Å². The molecule has 0 spiro atoms. The molecule has 1 aromatic rings. The third-order valence-electron chi connectivity index (χ3n) is 5.14. The zero-order valence-corrected chi connectivity index (χ0v) is 19.3. The molecule has 0 aromatic carbocycles. The Bertz CT molecular complexity index is 515. The van der Waals surface area contributed by atoms with Crippen LogP contribution in [-0.4, -0.2) is 30.9 Å². The molecule has 27 heavy (non-hydrogen) atoms. The van der Waals surface area contributed by atoms with Crippen molar-refractivity contribution in [2.45, 2.75) is 114 Å². The Balaban J connectivity index is 2.04. The Labute approximate surface area is 176 Å². The third-order valence-corrected chi connectivity index (χ3v) is 9.72. The molecule has 4 atom stereocenters. The fraction of sp³-hybridized carbons (Fsp3) is 0.900. The molecule has 1 aliphatic rings. The van der Waals surface area contributed by atoms with Crippen molar-refractivity contribution in [3.05, 3.63) is 10.0 Å². The van der Waals surface area contributed by atoms with Gasteiger partial charge in [-0.25, -0.2) is 0 Å². The van der Waals surface area contributed by atoms with Crippen LogP contribution >= 0.6 is 32.9 Å². The largest absolute Gasteiger partial charge is 0.386 e. The van der Waals surface area contributed by atoms with E-state index in [1.807, 2.05) is 21.6 Å². The number of hydrogen-bond donors (Lipinski definition) is 2. The second kappa shape index (κ2) is 13.4. The molecule has 0 saturated carbocycles. The first-order valence-electron chi connectivity index (χ1n) is 10.7. The SMILES string of the molecule is CCCCCCCC1SSC(CCCC)CCCC(O)c2nnc(s2)C1O. The van der Waals surface area contributed by atoms with Gasteiger partial charge in [0.25, 0.3) is 0 Å². The molecular weight excluding hydrogens is 396 g/mol. The van der Waals surface area contributed by atoms with Crippen molar-refractivity contribution in [3.63, 3.8) is 0 Å². The molecule has 2 N–H and O–H groups in total. The molecule has 0 fully saturated rings. The summed E-state index contributed by atoms with van der Waals surface area (Å²) in [7, 11) is 3.82. The minimum absolute atomic E-state index is 0.151. The summed E-state index contributed by atoms with van der Waals surface area (Å²) in [6.45, 7) is 4.48. The number of hydrogen-bond acceptors (Lipinski definition) is 7. The van der Waals surface area contributed by atoms with E-state index < -0.39 is 12.2 Å². The van der Waals surface area contributed by atoms with Gasteiger partial charge in [0.1, 0.15) is 22.2 Å². The molecule has 1 aromatic heterocycles. The van der Waals surface area contributed by atoms with Crippen LogP contribution in [-0.2, 0) is 0 Å². The van der Waals surface area contributed by atoms with Crippen molar-refractivity contribution < 1.29 is 10.2 Å². The predicted molar refractivity (Wildman–Crippen MR) is 119 cm³/mol. The summed E-state index contributed by atoms with van der Waals surface area (Å²) in [4.78, 5) is 0. The van der Waals surface area contributed by atoms with Crippen LogP contribution in [0.25, 0.3) is 0 Å². The van der Waals surface area contributed by atoms with Crippen molar-refractivity contribution in [2.24, 2.45) is 0 Å². The quantitative estimate of drug-likeness (QED) is 0.345. The number of aliphatic hydroxyl groups excluding tert-OH is 2. The number of nitrogens with zero attached hydrogens (tertiary/aromatic N) is 2. The van der Waals surface area contributed by atoms with Crippen molar-refractivity contribution >= 4 is 32.9 Å². The topological polar surface area (TPSA) is 66.2 Å². The number of fused-ring (bicyclic) bond motifs is 2. The summed E-state index contributed by atoms with van der Waals surface area (Å²) in [6, 6.07) is 0. The second-order valence-corrected chi connectivity index (χ2v) is 11.4. The zero-order chi connectivity index (χ0) is 19.5. The van der Waals surface area contributed by atoms with E-state index in [0.29, 0.717) is 15.3 Å². The van der Waals surface area contributed by atoms with Crippen molar-refractivity contribution in [1.82, 2.24) is 10.2 Å². The van der Waals surface area contributed by atoms with Gasteiger partial charge in [0.2, 0.25) is 0 Å². The first kappa shape index (κ1) is 23.5.